The topological polar surface area (TPSA) is 12.0 Å². The molecule has 0 amide bonds. The zero-order valence-corrected chi connectivity index (χ0v) is 20.4. The van der Waals surface area contributed by atoms with Crippen LogP contribution in [0.1, 0.15) is 0 Å². The maximum absolute atomic E-state index is 3.55. The highest BCUT2D eigenvalue weighted by Crippen LogP contribution is 2.39. The lowest BCUT2D eigenvalue weighted by Crippen LogP contribution is -1.91. The van der Waals surface area contributed by atoms with E-state index in [0.717, 1.165) is 11.4 Å². The molecular formula is C36H25N. The van der Waals surface area contributed by atoms with Crippen LogP contribution in [-0.2, 0) is 0 Å². The molecule has 7 aromatic carbocycles. The van der Waals surface area contributed by atoms with Gasteiger partial charge in [0.1, 0.15) is 0 Å². The summed E-state index contributed by atoms with van der Waals surface area (Å²) in [6, 6.07) is 52.1. The Morgan fingerprint density at radius 3 is 1.59 bits per heavy atom. The van der Waals surface area contributed by atoms with Crippen molar-refractivity contribution in [2.24, 2.45) is 0 Å². The van der Waals surface area contributed by atoms with Crippen LogP contribution in [0.5, 0.6) is 0 Å². The van der Waals surface area contributed by atoms with Crippen molar-refractivity contribution in [3.8, 4) is 22.3 Å². The fraction of sp³-hybridized carbons (Fsp3) is 0. The third kappa shape index (κ3) is 3.91. The van der Waals surface area contributed by atoms with Gasteiger partial charge in [0.25, 0.3) is 0 Å². The van der Waals surface area contributed by atoms with Crippen molar-refractivity contribution >= 4 is 43.7 Å². The molecule has 174 valence electrons. The van der Waals surface area contributed by atoms with Gasteiger partial charge in [0.05, 0.1) is 0 Å². The van der Waals surface area contributed by atoms with Gasteiger partial charge >= 0.3 is 0 Å². The molecule has 1 heteroatoms. The lowest BCUT2D eigenvalue weighted by atomic mass is 9.90. The van der Waals surface area contributed by atoms with Crippen LogP contribution in [0.2, 0.25) is 0 Å². The molecule has 0 fully saturated rings. The van der Waals surface area contributed by atoms with Crippen molar-refractivity contribution in [2.45, 2.75) is 0 Å². The highest BCUT2D eigenvalue weighted by Gasteiger charge is 2.11. The minimum absolute atomic E-state index is 1.08. The standard InChI is InChI=1S/C36H25N/c1-2-8-25(9-3-1)26-14-19-30(20-15-26)37-31-21-16-28(17-22-31)35-24-29-11-5-7-13-33(29)36-32-12-6-4-10-27(32)18-23-34(35)36/h1-24,37H. The largest absolute Gasteiger partial charge is 0.356 e. The predicted octanol–water partition coefficient (Wildman–Crippen LogP) is 10.2. The summed E-state index contributed by atoms with van der Waals surface area (Å²) in [5.41, 5.74) is 7.09. The van der Waals surface area contributed by atoms with Gasteiger partial charge in [0.15, 0.2) is 0 Å². The number of hydrogen-bond acceptors (Lipinski definition) is 1. The molecule has 0 atom stereocenters. The number of benzene rings is 7. The second kappa shape index (κ2) is 8.96. The summed E-state index contributed by atoms with van der Waals surface area (Å²) >= 11 is 0. The summed E-state index contributed by atoms with van der Waals surface area (Å²) in [6.45, 7) is 0. The Bertz CT molecular complexity index is 1850. The van der Waals surface area contributed by atoms with Crippen molar-refractivity contribution in [1.82, 2.24) is 0 Å². The Hall–Kier alpha value is -4.88. The van der Waals surface area contributed by atoms with Gasteiger partial charge in [0.2, 0.25) is 0 Å². The average molecular weight is 472 g/mol. The molecule has 37 heavy (non-hydrogen) atoms. The molecule has 0 radical (unpaired) electrons. The molecule has 0 bridgehead atoms. The second-order valence-electron chi connectivity index (χ2n) is 9.50. The van der Waals surface area contributed by atoms with E-state index >= 15 is 0 Å². The molecule has 1 nitrogen and oxygen atoms in total. The van der Waals surface area contributed by atoms with Gasteiger partial charge in [-0.05, 0) is 84.9 Å². The van der Waals surface area contributed by atoms with Crippen LogP contribution in [0.25, 0.3) is 54.6 Å². The first kappa shape index (κ1) is 21.4. The maximum atomic E-state index is 3.55. The summed E-state index contributed by atoms with van der Waals surface area (Å²) in [5.74, 6) is 0. The monoisotopic (exact) mass is 471 g/mol. The molecule has 0 spiro atoms. The third-order valence-corrected chi connectivity index (χ3v) is 7.23. The van der Waals surface area contributed by atoms with E-state index in [1.54, 1.807) is 0 Å². The van der Waals surface area contributed by atoms with E-state index in [1.807, 2.05) is 6.07 Å². The Kier molecular flexibility index (Phi) is 5.19. The zero-order chi connectivity index (χ0) is 24.6. The van der Waals surface area contributed by atoms with Crippen molar-refractivity contribution in [3.63, 3.8) is 0 Å². The molecule has 0 saturated heterocycles. The highest BCUT2D eigenvalue weighted by atomic mass is 14.9. The fourth-order valence-corrected chi connectivity index (χ4v) is 5.39. The van der Waals surface area contributed by atoms with E-state index < -0.39 is 0 Å². The quantitative estimate of drug-likeness (QED) is 0.252. The van der Waals surface area contributed by atoms with Gasteiger partial charge in [-0.25, -0.2) is 0 Å². The molecule has 0 heterocycles. The first-order valence-corrected chi connectivity index (χ1v) is 12.7. The zero-order valence-electron chi connectivity index (χ0n) is 20.4. The van der Waals surface area contributed by atoms with Gasteiger partial charge in [-0.3, -0.25) is 0 Å². The molecular weight excluding hydrogens is 446 g/mol. The molecule has 0 aliphatic rings. The average Bonchev–Trinajstić information content (AvgIpc) is 2.98. The first-order valence-electron chi connectivity index (χ1n) is 12.7. The molecule has 1 N–H and O–H groups in total. The number of anilines is 2. The molecule has 0 unspecified atom stereocenters. The Morgan fingerprint density at radius 1 is 0.351 bits per heavy atom. The molecule has 7 rings (SSSR count). The Morgan fingerprint density at radius 2 is 0.892 bits per heavy atom. The van der Waals surface area contributed by atoms with E-state index in [0.29, 0.717) is 0 Å². The maximum Gasteiger partial charge on any atom is 0.0384 e. The summed E-state index contributed by atoms with van der Waals surface area (Å²) in [7, 11) is 0. The molecule has 7 aromatic rings. The van der Waals surface area contributed by atoms with Crippen molar-refractivity contribution < 1.29 is 0 Å². The van der Waals surface area contributed by atoms with Crippen LogP contribution in [0.3, 0.4) is 0 Å². The normalized spacial score (nSPS) is 11.2. The Labute approximate surface area is 216 Å². The number of hydrogen-bond donors (Lipinski definition) is 1. The van der Waals surface area contributed by atoms with Crippen LogP contribution >= 0.6 is 0 Å². The summed E-state index contributed by atoms with van der Waals surface area (Å²) in [6.07, 6.45) is 0. The van der Waals surface area contributed by atoms with E-state index in [1.165, 1.54) is 54.6 Å². The minimum Gasteiger partial charge on any atom is -0.356 e. The van der Waals surface area contributed by atoms with Gasteiger partial charge in [-0.15, -0.1) is 0 Å². The molecule has 0 aliphatic carbocycles. The van der Waals surface area contributed by atoms with Crippen LogP contribution in [0.15, 0.2) is 146 Å². The summed E-state index contributed by atoms with van der Waals surface area (Å²) in [5, 5.41) is 11.3. The smallest absolute Gasteiger partial charge is 0.0384 e. The van der Waals surface area contributed by atoms with E-state index in [2.05, 4.69) is 145 Å². The number of rotatable bonds is 4. The lowest BCUT2D eigenvalue weighted by molar-refractivity contribution is 1.54. The molecule has 0 aromatic heterocycles. The predicted molar refractivity (Wildman–Crippen MR) is 160 cm³/mol. The van der Waals surface area contributed by atoms with Crippen LogP contribution < -0.4 is 5.32 Å². The van der Waals surface area contributed by atoms with Crippen molar-refractivity contribution in [1.29, 1.82) is 0 Å². The van der Waals surface area contributed by atoms with Gasteiger partial charge in [-0.1, -0.05) is 115 Å². The second-order valence-corrected chi connectivity index (χ2v) is 9.50. The number of fused-ring (bicyclic) bond motifs is 5. The van der Waals surface area contributed by atoms with Crippen LogP contribution in [0.4, 0.5) is 11.4 Å². The first-order chi connectivity index (χ1) is 18.3. The third-order valence-electron chi connectivity index (χ3n) is 7.23. The SMILES string of the molecule is c1ccc(-c2ccc(Nc3ccc(-c4cc5ccccc5c5c4ccc4ccccc45)cc3)cc2)cc1. The minimum atomic E-state index is 1.08. The van der Waals surface area contributed by atoms with Gasteiger partial charge < -0.3 is 5.32 Å². The van der Waals surface area contributed by atoms with Crippen molar-refractivity contribution in [2.75, 3.05) is 5.32 Å². The molecule has 0 aliphatic heterocycles. The van der Waals surface area contributed by atoms with Gasteiger partial charge in [-0.2, -0.15) is 0 Å². The number of nitrogens with one attached hydrogen (secondary N) is 1. The summed E-state index contributed by atoms with van der Waals surface area (Å²) < 4.78 is 0. The summed E-state index contributed by atoms with van der Waals surface area (Å²) in [4.78, 5) is 0. The fourth-order valence-electron chi connectivity index (χ4n) is 5.39. The highest BCUT2D eigenvalue weighted by molar-refractivity contribution is 6.23. The van der Waals surface area contributed by atoms with E-state index in [-0.39, 0.29) is 0 Å². The molecule has 0 saturated carbocycles. The Balaban J connectivity index is 1.26. The van der Waals surface area contributed by atoms with Gasteiger partial charge in [0, 0.05) is 11.4 Å². The van der Waals surface area contributed by atoms with Crippen LogP contribution in [-0.4, -0.2) is 0 Å². The van der Waals surface area contributed by atoms with E-state index in [9.17, 15) is 0 Å². The van der Waals surface area contributed by atoms with Crippen molar-refractivity contribution in [3.05, 3.63) is 146 Å². The van der Waals surface area contributed by atoms with E-state index in [4.69, 9.17) is 0 Å². The lowest BCUT2D eigenvalue weighted by Gasteiger charge is -2.14. The van der Waals surface area contributed by atoms with Crippen LogP contribution in [0, 0.1) is 0 Å².